The van der Waals surface area contributed by atoms with Gasteiger partial charge < -0.3 is 15.5 Å². The number of aliphatic hydroxyl groups excluding tert-OH is 2. The average Bonchev–Trinajstić information content (AvgIpc) is 2.79. The van der Waals surface area contributed by atoms with Crippen LogP contribution in [0.5, 0.6) is 0 Å². The maximum Gasteiger partial charge on any atom is 0.108 e. The first-order chi connectivity index (χ1) is 15.5. The molecule has 2 atom stereocenters. The molecule has 0 aromatic heterocycles. The summed E-state index contributed by atoms with van der Waals surface area (Å²) in [6.07, 6.45) is 9.80. The molecule has 2 aromatic rings. The normalized spacial score (nSPS) is 13.3. The molecule has 0 amide bonds. The fourth-order valence-corrected chi connectivity index (χ4v) is 4.54. The Kier molecular flexibility index (Phi) is 13.3. The van der Waals surface area contributed by atoms with Gasteiger partial charge in [-0.15, -0.1) is 0 Å². The van der Waals surface area contributed by atoms with Gasteiger partial charge in [-0.2, -0.15) is 0 Å². The first-order valence-corrected chi connectivity index (χ1v) is 12.9. The molecule has 3 nitrogen and oxygen atoms in total. The number of nitrogens with one attached hydrogen (secondary N) is 1. The van der Waals surface area contributed by atoms with Crippen LogP contribution in [0.4, 0.5) is 0 Å². The highest BCUT2D eigenvalue weighted by molar-refractivity contribution is 6.36. The van der Waals surface area contributed by atoms with Crippen molar-refractivity contribution in [2.75, 3.05) is 6.54 Å². The molecule has 32 heavy (non-hydrogen) atoms. The zero-order valence-electron chi connectivity index (χ0n) is 19.3. The van der Waals surface area contributed by atoms with Gasteiger partial charge in [0.1, 0.15) is 6.10 Å². The third-order valence-corrected chi connectivity index (χ3v) is 6.59. The van der Waals surface area contributed by atoms with Crippen LogP contribution in [0.3, 0.4) is 0 Å². The number of halogens is 2. The predicted octanol–water partition coefficient (Wildman–Crippen LogP) is 7.25. The second-order valence-corrected chi connectivity index (χ2v) is 9.47. The number of hydrogen-bond donors (Lipinski definition) is 3. The Morgan fingerprint density at radius 1 is 0.781 bits per heavy atom. The van der Waals surface area contributed by atoms with Crippen molar-refractivity contribution in [3.05, 3.63) is 69.2 Å². The van der Waals surface area contributed by atoms with Crippen molar-refractivity contribution in [1.29, 1.82) is 0 Å². The van der Waals surface area contributed by atoms with E-state index in [0.29, 0.717) is 22.0 Å². The van der Waals surface area contributed by atoms with Gasteiger partial charge in [0, 0.05) is 22.2 Å². The maximum absolute atomic E-state index is 10.4. The smallest absolute Gasteiger partial charge is 0.108 e. The molecule has 0 saturated carbocycles. The van der Waals surface area contributed by atoms with E-state index in [0.717, 1.165) is 25.9 Å². The molecule has 5 heteroatoms. The van der Waals surface area contributed by atoms with Crippen molar-refractivity contribution < 1.29 is 10.2 Å². The van der Waals surface area contributed by atoms with E-state index in [4.69, 9.17) is 23.2 Å². The standard InChI is InChI=1S/C27H39Cl2NO2/c1-2-3-4-5-6-7-8-11-21-15-17-22(18-16-21)20-30-19-10-14-25(31)27(32)26-23(28)12-9-13-24(26)29/h9,12-13,15-18,25,27,30-32H,2-8,10-11,14,19-20H2,1H3. The van der Waals surface area contributed by atoms with Crippen LogP contribution >= 0.6 is 23.2 Å². The topological polar surface area (TPSA) is 52.5 Å². The van der Waals surface area contributed by atoms with E-state index >= 15 is 0 Å². The molecule has 0 radical (unpaired) electrons. The molecule has 0 fully saturated rings. The fourth-order valence-electron chi connectivity index (χ4n) is 3.92. The van der Waals surface area contributed by atoms with Crippen LogP contribution < -0.4 is 5.32 Å². The number of rotatable bonds is 16. The molecular weight excluding hydrogens is 441 g/mol. The summed E-state index contributed by atoms with van der Waals surface area (Å²) in [5.74, 6) is 0. The summed E-state index contributed by atoms with van der Waals surface area (Å²) in [7, 11) is 0. The number of aryl methyl sites for hydroxylation is 1. The molecule has 2 unspecified atom stereocenters. The van der Waals surface area contributed by atoms with Crippen molar-refractivity contribution in [1.82, 2.24) is 5.32 Å². The molecule has 0 aliphatic carbocycles. The van der Waals surface area contributed by atoms with Gasteiger partial charge >= 0.3 is 0 Å². The number of hydrogen-bond acceptors (Lipinski definition) is 3. The molecule has 3 N–H and O–H groups in total. The SMILES string of the molecule is CCCCCCCCCc1ccc(CNCCCC(O)C(O)c2c(Cl)cccc2Cl)cc1. The van der Waals surface area contributed by atoms with Gasteiger partial charge in [-0.05, 0) is 55.5 Å². The number of benzene rings is 2. The van der Waals surface area contributed by atoms with Crippen molar-refractivity contribution in [3.63, 3.8) is 0 Å². The third-order valence-electron chi connectivity index (χ3n) is 5.93. The van der Waals surface area contributed by atoms with Crippen LogP contribution in [0.1, 0.15) is 87.5 Å². The van der Waals surface area contributed by atoms with Crippen molar-refractivity contribution in [2.24, 2.45) is 0 Å². The van der Waals surface area contributed by atoms with Gasteiger partial charge in [0.25, 0.3) is 0 Å². The monoisotopic (exact) mass is 479 g/mol. The highest BCUT2D eigenvalue weighted by Crippen LogP contribution is 2.32. The molecule has 2 aromatic carbocycles. The molecule has 0 saturated heterocycles. The zero-order chi connectivity index (χ0) is 23.2. The molecule has 178 valence electrons. The van der Waals surface area contributed by atoms with Crippen LogP contribution in [-0.4, -0.2) is 22.9 Å². The quantitative estimate of drug-likeness (QED) is 0.222. The zero-order valence-corrected chi connectivity index (χ0v) is 20.8. The second-order valence-electron chi connectivity index (χ2n) is 8.65. The Morgan fingerprint density at radius 3 is 2.03 bits per heavy atom. The predicted molar refractivity (Wildman–Crippen MR) is 137 cm³/mol. The van der Waals surface area contributed by atoms with E-state index in [-0.39, 0.29) is 0 Å². The van der Waals surface area contributed by atoms with E-state index in [9.17, 15) is 10.2 Å². The van der Waals surface area contributed by atoms with Gasteiger partial charge in [0.15, 0.2) is 0 Å². The van der Waals surface area contributed by atoms with E-state index in [1.54, 1.807) is 18.2 Å². The lowest BCUT2D eigenvalue weighted by Crippen LogP contribution is -2.22. The van der Waals surface area contributed by atoms with Crippen LogP contribution in [0, 0.1) is 0 Å². The van der Waals surface area contributed by atoms with Gasteiger partial charge in [0.2, 0.25) is 0 Å². The van der Waals surface area contributed by atoms with Gasteiger partial charge in [-0.3, -0.25) is 0 Å². The van der Waals surface area contributed by atoms with Crippen LogP contribution in [-0.2, 0) is 13.0 Å². The summed E-state index contributed by atoms with van der Waals surface area (Å²) >= 11 is 12.2. The van der Waals surface area contributed by atoms with E-state index < -0.39 is 12.2 Å². The molecule has 0 aliphatic rings. The largest absolute Gasteiger partial charge is 0.390 e. The summed E-state index contributed by atoms with van der Waals surface area (Å²) in [4.78, 5) is 0. The van der Waals surface area contributed by atoms with E-state index in [1.807, 2.05) is 0 Å². The van der Waals surface area contributed by atoms with Crippen molar-refractivity contribution in [3.8, 4) is 0 Å². The first kappa shape index (κ1) is 27.1. The Hall–Kier alpha value is -1.10. The summed E-state index contributed by atoms with van der Waals surface area (Å²) in [5.41, 5.74) is 3.07. The fraction of sp³-hybridized carbons (Fsp3) is 0.556. The average molecular weight is 481 g/mol. The highest BCUT2D eigenvalue weighted by Gasteiger charge is 2.22. The Labute approximate surface area is 204 Å². The maximum atomic E-state index is 10.4. The molecule has 0 heterocycles. The number of unbranched alkanes of at least 4 members (excludes halogenated alkanes) is 6. The summed E-state index contributed by atoms with van der Waals surface area (Å²) in [6.45, 7) is 3.82. The summed E-state index contributed by atoms with van der Waals surface area (Å²) < 4.78 is 0. The molecule has 0 spiro atoms. The minimum atomic E-state index is -1.08. The minimum absolute atomic E-state index is 0.373. The lowest BCUT2D eigenvalue weighted by molar-refractivity contribution is 0.0125. The lowest BCUT2D eigenvalue weighted by atomic mass is 10.0. The van der Waals surface area contributed by atoms with E-state index in [1.165, 1.54) is 56.1 Å². The highest BCUT2D eigenvalue weighted by atomic mass is 35.5. The summed E-state index contributed by atoms with van der Waals surface area (Å²) in [6, 6.07) is 13.9. The van der Waals surface area contributed by atoms with Gasteiger partial charge in [-0.25, -0.2) is 0 Å². The Balaban J connectivity index is 1.59. The molecular formula is C27H39Cl2NO2. The van der Waals surface area contributed by atoms with Crippen LogP contribution in [0.25, 0.3) is 0 Å². The lowest BCUT2D eigenvalue weighted by Gasteiger charge is -2.20. The van der Waals surface area contributed by atoms with Crippen molar-refractivity contribution >= 4 is 23.2 Å². The minimum Gasteiger partial charge on any atom is -0.390 e. The van der Waals surface area contributed by atoms with Gasteiger partial charge in [0.05, 0.1) is 6.10 Å². The first-order valence-electron chi connectivity index (χ1n) is 12.1. The second kappa shape index (κ2) is 15.7. The third kappa shape index (κ3) is 9.80. The Bertz CT molecular complexity index is 747. The van der Waals surface area contributed by atoms with Crippen molar-refractivity contribution in [2.45, 2.75) is 89.9 Å². The van der Waals surface area contributed by atoms with Gasteiger partial charge in [-0.1, -0.05) is 99.0 Å². The molecule has 0 bridgehead atoms. The number of aliphatic hydroxyl groups is 2. The van der Waals surface area contributed by atoms with E-state index in [2.05, 4.69) is 36.5 Å². The molecule has 2 rings (SSSR count). The Morgan fingerprint density at radius 2 is 1.38 bits per heavy atom. The summed E-state index contributed by atoms with van der Waals surface area (Å²) in [5, 5.41) is 24.9. The van der Waals surface area contributed by atoms with Crippen LogP contribution in [0.15, 0.2) is 42.5 Å². The van der Waals surface area contributed by atoms with Crippen LogP contribution in [0.2, 0.25) is 10.0 Å². The molecule has 0 aliphatic heterocycles.